The maximum atomic E-state index is 12.4. The zero-order chi connectivity index (χ0) is 14.5. The van der Waals surface area contributed by atoms with Crippen molar-refractivity contribution in [3.05, 3.63) is 35.9 Å². The van der Waals surface area contributed by atoms with E-state index < -0.39 is 0 Å². The quantitative estimate of drug-likeness (QED) is 0.824. The van der Waals surface area contributed by atoms with Crippen molar-refractivity contribution in [1.82, 2.24) is 9.80 Å². The van der Waals surface area contributed by atoms with Crippen LogP contribution in [0.3, 0.4) is 0 Å². The standard InChI is InChI=1S/C17H26N2O/c1-4-18(5-2)17(20)16-11-12-19(13-16)14(3)15-9-7-6-8-10-15/h6-10,14,16H,4-5,11-13H2,1-3H3/t14-,16?/m0/s1. The molecule has 20 heavy (non-hydrogen) atoms. The van der Waals surface area contributed by atoms with Crippen LogP contribution in [-0.4, -0.2) is 41.9 Å². The average Bonchev–Trinajstić information content (AvgIpc) is 2.98. The van der Waals surface area contributed by atoms with Gasteiger partial charge in [0, 0.05) is 25.7 Å². The second-order valence-electron chi connectivity index (χ2n) is 5.58. The zero-order valence-corrected chi connectivity index (χ0v) is 12.9. The van der Waals surface area contributed by atoms with E-state index in [-0.39, 0.29) is 5.92 Å². The van der Waals surface area contributed by atoms with Gasteiger partial charge in [-0.3, -0.25) is 9.69 Å². The summed E-state index contributed by atoms with van der Waals surface area (Å²) in [6.07, 6.45) is 0.993. The van der Waals surface area contributed by atoms with Crippen molar-refractivity contribution < 1.29 is 4.79 Å². The van der Waals surface area contributed by atoms with Gasteiger partial charge in [0.1, 0.15) is 0 Å². The van der Waals surface area contributed by atoms with Gasteiger partial charge in [0.25, 0.3) is 0 Å². The highest BCUT2D eigenvalue weighted by Gasteiger charge is 2.32. The first-order valence-electron chi connectivity index (χ1n) is 7.75. The summed E-state index contributed by atoms with van der Waals surface area (Å²) in [6.45, 7) is 9.90. The fourth-order valence-corrected chi connectivity index (χ4v) is 3.08. The van der Waals surface area contributed by atoms with E-state index in [1.165, 1.54) is 5.56 Å². The number of hydrogen-bond acceptors (Lipinski definition) is 2. The summed E-state index contributed by atoms with van der Waals surface area (Å²) < 4.78 is 0. The van der Waals surface area contributed by atoms with Gasteiger partial charge in [-0.2, -0.15) is 0 Å². The molecule has 0 radical (unpaired) electrons. The molecule has 0 aromatic heterocycles. The van der Waals surface area contributed by atoms with Crippen molar-refractivity contribution in [1.29, 1.82) is 0 Å². The Morgan fingerprint density at radius 2 is 1.95 bits per heavy atom. The molecule has 1 aromatic rings. The minimum Gasteiger partial charge on any atom is -0.343 e. The number of benzene rings is 1. The van der Waals surface area contributed by atoms with Crippen LogP contribution in [0.15, 0.2) is 30.3 Å². The maximum Gasteiger partial charge on any atom is 0.227 e. The number of nitrogens with zero attached hydrogens (tertiary/aromatic N) is 2. The lowest BCUT2D eigenvalue weighted by Crippen LogP contribution is -2.37. The third kappa shape index (κ3) is 3.21. The van der Waals surface area contributed by atoms with Crippen LogP contribution in [0.1, 0.15) is 38.8 Å². The van der Waals surface area contributed by atoms with Crippen LogP contribution in [0.25, 0.3) is 0 Å². The predicted molar refractivity (Wildman–Crippen MR) is 82.5 cm³/mol. The van der Waals surface area contributed by atoms with E-state index in [9.17, 15) is 4.79 Å². The minimum atomic E-state index is 0.182. The van der Waals surface area contributed by atoms with Crippen LogP contribution in [0.5, 0.6) is 0 Å². The normalized spacial score (nSPS) is 20.9. The number of likely N-dealkylation sites (tertiary alicyclic amines) is 1. The summed E-state index contributed by atoms with van der Waals surface area (Å²) in [6, 6.07) is 11.0. The highest BCUT2D eigenvalue weighted by molar-refractivity contribution is 5.79. The molecular formula is C17H26N2O. The first-order valence-corrected chi connectivity index (χ1v) is 7.75. The fraction of sp³-hybridized carbons (Fsp3) is 0.588. The van der Waals surface area contributed by atoms with Crippen molar-refractivity contribution in [2.24, 2.45) is 5.92 Å². The minimum absolute atomic E-state index is 0.182. The van der Waals surface area contributed by atoms with Gasteiger partial charge in [0.2, 0.25) is 5.91 Å². The summed E-state index contributed by atoms with van der Waals surface area (Å²) >= 11 is 0. The lowest BCUT2D eigenvalue weighted by atomic mass is 10.1. The van der Waals surface area contributed by atoms with E-state index >= 15 is 0 Å². The molecule has 1 amide bonds. The Morgan fingerprint density at radius 1 is 1.30 bits per heavy atom. The van der Waals surface area contributed by atoms with Gasteiger partial charge >= 0.3 is 0 Å². The first-order chi connectivity index (χ1) is 9.67. The molecule has 1 fully saturated rings. The number of rotatable bonds is 5. The summed E-state index contributed by atoms with van der Waals surface area (Å²) in [7, 11) is 0. The Kier molecular flexibility index (Phi) is 5.18. The van der Waals surface area contributed by atoms with Gasteiger partial charge in [-0.15, -0.1) is 0 Å². The molecule has 1 unspecified atom stereocenters. The molecule has 1 aliphatic rings. The molecule has 2 atom stereocenters. The molecule has 110 valence electrons. The van der Waals surface area contributed by atoms with E-state index in [4.69, 9.17) is 0 Å². The van der Waals surface area contributed by atoms with Crippen molar-refractivity contribution >= 4 is 5.91 Å². The Bertz CT molecular complexity index is 428. The van der Waals surface area contributed by atoms with E-state index in [0.29, 0.717) is 11.9 Å². The molecule has 1 saturated heterocycles. The van der Waals surface area contributed by atoms with Crippen LogP contribution >= 0.6 is 0 Å². The van der Waals surface area contributed by atoms with Crippen LogP contribution in [0.4, 0.5) is 0 Å². The summed E-state index contributed by atoms with van der Waals surface area (Å²) in [5, 5.41) is 0. The Labute approximate surface area is 122 Å². The Morgan fingerprint density at radius 3 is 2.55 bits per heavy atom. The molecule has 3 nitrogen and oxygen atoms in total. The Hall–Kier alpha value is -1.35. The predicted octanol–water partition coefficient (Wildman–Crippen LogP) is 2.94. The average molecular weight is 274 g/mol. The van der Waals surface area contributed by atoms with Gasteiger partial charge in [-0.05, 0) is 39.3 Å². The smallest absolute Gasteiger partial charge is 0.227 e. The van der Waals surface area contributed by atoms with E-state index in [1.54, 1.807) is 0 Å². The molecule has 1 aliphatic heterocycles. The highest BCUT2D eigenvalue weighted by Crippen LogP contribution is 2.28. The third-order valence-corrected chi connectivity index (χ3v) is 4.47. The van der Waals surface area contributed by atoms with Gasteiger partial charge in [0.15, 0.2) is 0 Å². The molecule has 0 bridgehead atoms. The highest BCUT2D eigenvalue weighted by atomic mass is 16.2. The van der Waals surface area contributed by atoms with Crippen molar-refractivity contribution in [3.8, 4) is 0 Å². The second kappa shape index (κ2) is 6.89. The van der Waals surface area contributed by atoms with Gasteiger partial charge < -0.3 is 4.90 Å². The van der Waals surface area contributed by atoms with Crippen LogP contribution in [0.2, 0.25) is 0 Å². The van der Waals surface area contributed by atoms with Crippen LogP contribution in [0, 0.1) is 5.92 Å². The SMILES string of the molecule is CCN(CC)C(=O)C1CCN([C@@H](C)c2ccccc2)C1. The summed E-state index contributed by atoms with van der Waals surface area (Å²) in [5.74, 6) is 0.513. The maximum absolute atomic E-state index is 12.4. The van der Waals surface area contributed by atoms with Gasteiger partial charge in [-0.1, -0.05) is 30.3 Å². The third-order valence-electron chi connectivity index (χ3n) is 4.47. The largest absolute Gasteiger partial charge is 0.343 e. The van der Waals surface area contributed by atoms with E-state index in [1.807, 2.05) is 11.0 Å². The number of hydrogen-bond donors (Lipinski definition) is 0. The van der Waals surface area contributed by atoms with Crippen LogP contribution in [-0.2, 0) is 4.79 Å². The molecular weight excluding hydrogens is 248 g/mol. The molecule has 2 rings (SSSR count). The van der Waals surface area contributed by atoms with E-state index in [2.05, 4.69) is 49.9 Å². The molecule has 1 heterocycles. The van der Waals surface area contributed by atoms with Gasteiger partial charge in [0.05, 0.1) is 5.92 Å². The number of carbonyl (C=O) groups is 1. The zero-order valence-electron chi connectivity index (χ0n) is 12.9. The van der Waals surface area contributed by atoms with E-state index in [0.717, 1.165) is 32.6 Å². The summed E-state index contributed by atoms with van der Waals surface area (Å²) in [4.78, 5) is 16.8. The molecule has 0 spiro atoms. The van der Waals surface area contributed by atoms with Crippen molar-refractivity contribution in [2.45, 2.75) is 33.2 Å². The van der Waals surface area contributed by atoms with Crippen molar-refractivity contribution in [3.63, 3.8) is 0 Å². The number of amides is 1. The molecule has 0 N–H and O–H groups in total. The lowest BCUT2D eigenvalue weighted by Gasteiger charge is -2.26. The van der Waals surface area contributed by atoms with Gasteiger partial charge in [-0.25, -0.2) is 0 Å². The lowest BCUT2D eigenvalue weighted by molar-refractivity contribution is -0.134. The molecule has 1 aromatic carbocycles. The second-order valence-corrected chi connectivity index (χ2v) is 5.58. The number of carbonyl (C=O) groups excluding carboxylic acids is 1. The Balaban J connectivity index is 1.97. The van der Waals surface area contributed by atoms with Crippen molar-refractivity contribution in [2.75, 3.05) is 26.2 Å². The molecule has 0 saturated carbocycles. The fourth-order valence-electron chi connectivity index (χ4n) is 3.08. The first kappa shape index (κ1) is 15.0. The van der Waals surface area contributed by atoms with Crippen LogP contribution < -0.4 is 0 Å². The summed E-state index contributed by atoms with van der Waals surface area (Å²) in [5.41, 5.74) is 1.34. The molecule has 3 heteroatoms. The monoisotopic (exact) mass is 274 g/mol. The molecule has 0 aliphatic carbocycles. The topological polar surface area (TPSA) is 23.6 Å².